The van der Waals surface area contributed by atoms with Crippen molar-refractivity contribution in [3.63, 3.8) is 0 Å². The summed E-state index contributed by atoms with van der Waals surface area (Å²) in [6.07, 6.45) is 3.80. The molecule has 1 atom stereocenters. The number of hydrogen-bond donors (Lipinski definition) is 1. The Morgan fingerprint density at radius 1 is 1.50 bits per heavy atom. The molecule has 1 saturated heterocycles. The molecule has 18 heavy (non-hydrogen) atoms. The summed E-state index contributed by atoms with van der Waals surface area (Å²) in [5.74, 6) is 0.0306. The van der Waals surface area contributed by atoms with E-state index >= 15 is 0 Å². The number of anilines is 1. The maximum absolute atomic E-state index is 11.9. The number of carbonyl (C=O) groups is 1. The van der Waals surface area contributed by atoms with E-state index in [1.54, 1.807) is 0 Å². The Kier molecular flexibility index (Phi) is 4.78. The van der Waals surface area contributed by atoms with Crippen molar-refractivity contribution in [1.29, 1.82) is 0 Å². The van der Waals surface area contributed by atoms with Crippen molar-refractivity contribution in [2.75, 3.05) is 11.9 Å². The van der Waals surface area contributed by atoms with Crippen LogP contribution in [0.2, 0.25) is 0 Å². The van der Waals surface area contributed by atoms with Gasteiger partial charge in [-0.15, -0.1) is 0 Å². The highest BCUT2D eigenvalue weighted by atomic mass is 79.9. The molecule has 4 heteroatoms. The number of ether oxygens (including phenoxy) is 1. The smallest absolute Gasteiger partial charge is 0.226 e. The average Bonchev–Trinajstić information content (AvgIpc) is 2.35. The van der Waals surface area contributed by atoms with E-state index in [0.29, 0.717) is 6.42 Å². The predicted molar refractivity (Wildman–Crippen MR) is 75.7 cm³/mol. The number of halogens is 1. The average molecular weight is 312 g/mol. The molecule has 1 aromatic carbocycles. The van der Waals surface area contributed by atoms with Crippen molar-refractivity contribution < 1.29 is 9.53 Å². The van der Waals surface area contributed by atoms with Crippen LogP contribution in [0.5, 0.6) is 0 Å². The summed E-state index contributed by atoms with van der Waals surface area (Å²) in [5, 5.41) is 2.95. The van der Waals surface area contributed by atoms with Gasteiger partial charge in [-0.3, -0.25) is 4.79 Å². The summed E-state index contributed by atoms with van der Waals surface area (Å²) in [7, 11) is 0. The van der Waals surface area contributed by atoms with E-state index in [0.717, 1.165) is 41.6 Å². The maximum Gasteiger partial charge on any atom is 0.226 e. The number of amides is 1. The van der Waals surface area contributed by atoms with Gasteiger partial charge in [-0.05, 0) is 43.9 Å². The van der Waals surface area contributed by atoms with Gasteiger partial charge >= 0.3 is 0 Å². The van der Waals surface area contributed by atoms with Gasteiger partial charge in [0.05, 0.1) is 12.5 Å². The molecule has 1 fully saturated rings. The molecule has 1 aliphatic rings. The summed E-state index contributed by atoms with van der Waals surface area (Å²) in [5.41, 5.74) is 1.93. The molecule has 1 N–H and O–H groups in total. The van der Waals surface area contributed by atoms with Gasteiger partial charge in [0.2, 0.25) is 5.91 Å². The molecule has 2 rings (SSSR count). The lowest BCUT2D eigenvalue weighted by Gasteiger charge is -2.22. The fraction of sp³-hybridized carbons (Fsp3) is 0.500. The molecule has 0 saturated carbocycles. The minimum Gasteiger partial charge on any atom is -0.378 e. The predicted octanol–water partition coefficient (Wildman–Crippen LogP) is 3.66. The molecule has 0 aromatic heterocycles. The molecule has 1 aliphatic heterocycles. The topological polar surface area (TPSA) is 38.3 Å². The van der Waals surface area contributed by atoms with E-state index < -0.39 is 0 Å². The normalized spacial score (nSPS) is 19.6. The highest BCUT2D eigenvalue weighted by Crippen LogP contribution is 2.22. The number of aryl methyl sites for hydroxylation is 1. The van der Waals surface area contributed by atoms with E-state index in [9.17, 15) is 4.79 Å². The minimum absolute atomic E-state index is 0.0306. The Labute approximate surface area is 116 Å². The zero-order valence-corrected chi connectivity index (χ0v) is 12.1. The Balaban J connectivity index is 1.92. The van der Waals surface area contributed by atoms with Crippen LogP contribution in [-0.2, 0) is 9.53 Å². The van der Waals surface area contributed by atoms with Crippen LogP contribution in [0.4, 0.5) is 5.69 Å². The van der Waals surface area contributed by atoms with Crippen molar-refractivity contribution >= 4 is 27.5 Å². The van der Waals surface area contributed by atoms with Crippen LogP contribution in [0.15, 0.2) is 22.7 Å². The van der Waals surface area contributed by atoms with Crippen LogP contribution in [0, 0.1) is 6.92 Å². The lowest BCUT2D eigenvalue weighted by molar-refractivity contribution is -0.119. The lowest BCUT2D eigenvalue weighted by Crippen LogP contribution is -2.25. The third-order valence-corrected chi connectivity index (χ3v) is 3.65. The van der Waals surface area contributed by atoms with Gasteiger partial charge in [-0.25, -0.2) is 0 Å². The quantitative estimate of drug-likeness (QED) is 0.925. The van der Waals surface area contributed by atoms with Gasteiger partial charge in [-0.2, -0.15) is 0 Å². The third kappa shape index (κ3) is 3.82. The van der Waals surface area contributed by atoms with E-state index in [2.05, 4.69) is 21.2 Å². The minimum atomic E-state index is 0.0306. The van der Waals surface area contributed by atoms with Crippen LogP contribution in [0.3, 0.4) is 0 Å². The fourth-order valence-corrected chi connectivity index (χ4v) is 2.47. The standard InChI is InChI=1S/C14H18BrNO2/c1-10-5-6-11(15)8-13(10)16-14(17)9-12-4-2-3-7-18-12/h5-6,8,12H,2-4,7,9H2,1H3,(H,16,17). The van der Waals surface area contributed by atoms with Crippen LogP contribution in [0.25, 0.3) is 0 Å². The summed E-state index contributed by atoms with van der Waals surface area (Å²) in [6, 6.07) is 5.88. The molecule has 1 heterocycles. The number of benzene rings is 1. The maximum atomic E-state index is 11.9. The van der Waals surface area contributed by atoms with E-state index in [1.165, 1.54) is 0 Å². The third-order valence-electron chi connectivity index (χ3n) is 3.16. The Bertz CT molecular complexity index is 428. The molecule has 1 aromatic rings. The summed E-state index contributed by atoms with van der Waals surface area (Å²) < 4.78 is 6.54. The summed E-state index contributed by atoms with van der Waals surface area (Å²) in [6.45, 7) is 2.77. The van der Waals surface area contributed by atoms with Gasteiger partial charge in [0.25, 0.3) is 0 Å². The monoisotopic (exact) mass is 311 g/mol. The zero-order chi connectivity index (χ0) is 13.0. The van der Waals surface area contributed by atoms with Crippen LogP contribution >= 0.6 is 15.9 Å². The number of nitrogens with one attached hydrogen (secondary N) is 1. The van der Waals surface area contributed by atoms with Gasteiger partial charge in [0.1, 0.15) is 0 Å². The molecule has 0 spiro atoms. The van der Waals surface area contributed by atoms with Crippen molar-refractivity contribution in [3.8, 4) is 0 Å². The lowest BCUT2D eigenvalue weighted by atomic mass is 10.1. The van der Waals surface area contributed by atoms with Gasteiger partial charge in [0, 0.05) is 16.8 Å². The molecular weight excluding hydrogens is 294 g/mol. The van der Waals surface area contributed by atoms with E-state index in [-0.39, 0.29) is 12.0 Å². The summed E-state index contributed by atoms with van der Waals surface area (Å²) in [4.78, 5) is 11.9. The SMILES string of the molecule is Cc1ccc(Br)cc1NC(=O)CC1CCCCO1. The molecular formula is C14H18BrNO2. The van der Waals surface area contributed by atoms with Crippen LogP contribution in [0.1, 0.15) is 31.2 Å². The van der Waals surface area contributed by atoms with Gasteiger partial charge in [0.15, 0.2) is 0 Å². The summed E-state index contributed by atoms with van der Waals surface area (Å²) >= 11 is 3.41. The number of hydrogen-bond acceptors (Lipinski definition) is 2. The first kappa shape index (κ1) is 13.6. The second kappa shape index (κ2) is 6.34. The Morgan fingerprint density at radius 3 is 3.06 bits per heavy atom. The highest BCUT2D eigenvalue weighted by molar-refractivity contribution is 9.10. The first-order valence-corrected chi connectivity index (χ1v) is 7.12. The van der Waals surface area contributed by atoms with E-state index in [1.807, 2.05) is 25.1 Å². The largest absolute Gasteiger partial charge is 0.378 e. The molecule has 98 valence electrons. The molecule has 0 bridgehead atoms. The van der Waals surface area contributed by atoms with Gasteiger partial charge in [-0.1, -0.05) is 22.0 Å². The Morgan fingerprint density at radius 2 is 2.33 bits per heavy atom. The second-order valence-electron chi connectivity index (χ2n) is 4.70. The van der Waals surface area contributed by atoms with Crippen LogP contribution in [-0.4, -0.2) is 18.6 Å². The number of carbonyl (C=O) groups excluding carboxylic acids is 1. The molecule has 1 amide bonds. The van der Waals surface area contributed by atoms with Crippen molar-refractivity contribution in [2.24, 2.45) is 0 Å². The molecule has 0 radical (unpaired) electrons. The van der Waals surface area contributed by atoms with Crippen molar-refractivity contribution in [2.45, 2.75) is 38.7 Å². The second-order valence-corrected chi connectivity index (χ2v) is 5.62. The zero-order valence-electron chi connectivity index (χ0n) is 10.5. The van der Waals surface area contributed by atoms with Crippen molar-refractivity contribution in [3.05, 3.63) is 28.2 Å². The van der Waals surface area contributed by atoms with Crippen LogP contribution < -0.4 is 5.32 Å². The van der Waals surface area contributed by atoms with Gasteiger partial charge < -0.3 is 10.1 Å². The molecule has 0 aliphatic carbocycles. The van der Waals surface area contributed by atoms with Crippen molar-refractivity contribution in [1.82, 2.24) is 0 Å². The first-order valence-electron chi connectivity index (χ1n) is 6.33. The first-order chi connectivity index (χ1) is 8.65. The Hall–Kier alpha value is -0.870. The van der Waals surface area contributed by atoms with E-state index in [4.69, 9.17) is 4.74 Å². The molecule has 1 unspecified atom stereocenters. The highest BCUT2D eigenvalue weighted by Gasteiger charge is 2.17. The number of rotatable bonds is 3. The fourth-order valence-electron chi connectivity index (χ4n) is 2.11. The molecule has 3 nitrogen and oxygen atoms in total.